The molecule has 0 saturated heterocycles. The number of nitrogens with zero attached hydrogens (tertiary/aromatic N) is 1. The fourth-order valence-electron chi connectivity index (χ4n) is 4.16. The Morgan fingerprint density at radius 2 is 1.53 bits per heavy atom. The number of ether oxygens (including phenoxy) is 1. The Morgan fingerprint density at radius 1 is 0.971 bits per heavy atom. The quantitative estimate of drug-likeness (QED) is 0.517. The molecule has 8 heteroatoms. The molecule has 7 nitrogen and oxygen atoms in total. The van der Waals surface area contributed by atoms with Crippen molar-refractivity contribution in [1.82, 2.24) is 5.32 Å². The molecule has 0 spiro atoms. The van der Waals surface area contributed by atoms with Gasteiger partial charge in [-0.2, -0.15) is 4.36 Å². The number of nitrogens with one attached hydrogen (secondary N) is 1. The maximum absolute atomic E-state index is 12.5. The van der Waals surface area contributed by atoms with Gasteiger partial charge in [-0.1, -0.05) is 60.7 Å². The van der Waals surface area contributed by atoms with Crippen molar-refractivity contribution in [1.29, 1.82) is 0 Å². The summed E-state index contributed by atoms with van der Waals surface area (Å²) in [6.07, 6.45) is 2.38. The number of rotatable bonds is 7. The monoisotopic (exact) mass is 478 g/mol. The van der Waals surface area contributed by atoms with E-state index in [9.17, 15) is 18.9 Å². The zero-order valence-electron chi connectivity index (χ0n) is 18.9. The molecule has 0 heterocycles. The molecule has 3 aromatic rings. The standard InChI is InChI=1S/C26H26N2O5S/c1-34(2,32)28-18-13-11-17(12-14-18)15-24(25(29)30)27-26(31)33-16-23-21-9-5-3-7-19(21)20-8-4-6-10-22(20)23/h3-14,23-24H,15-16H2,1-2H3,(H,27,31)(H,29,30). The summed E-state index contributed by atoms with van der Waals surface area (Å²) in [4.78, 5) is 24.3. The second-order valence-electron chi connectivity index (χ2n) is 8.50. The highest BCUT2D eigenvalue weighted by Gasteiger charge is 2.29. The van der Waals surface area contributed by atoms with Crippen molar-refractivity contribution in [3.8, 4) is 11.1 Å². The number of carbonyl (C=O) groups excluding carboxylic acids is 1. The maximum atomic E-state index is 12.5. The molecule has 0 aromatic heterocycles. The van der Waals surface area contributed by atoms with E-state index in [4.69, 9.17) is 4.74 Å². The topological polar surface area (TPSA) is 105 Å². The lowest BCUT2D eigenvalue weighted by atomic mass is 9.98. The lowest BCUT2D eigenvalue weighted by Gasteiger charge is -2.17. The minimum atomic E-state index is -2.29. The lowest BCUT2D eigenvalue weighted by molar-refractivity contribution is -0.139. The molecule has 176 valence electrons. The summed E-state index contributed by atoms with van der Waals surface area (Å²) in [5, 5.41) is 12.1. The third-order valence-electron chi connectivity index (χ3n) is 5.64. The predicted octanol–water partition coefficient (Wildman–Crippen LogP) is 4.58. The van der Waals surface area contributed by atoms with E-state index in [1.165, 1.54) is 0 Å². The van der Waals surface area contributed by atoms with Crippen LogP contribution in [0.3, 0.4) is 0 Å². The van der Waals surface area contributed by atoms with E-state index < -0.39 is 27.8 Å². The number of benzene rings is 3. The van der Waals surface area contributed by atoms with E-state index in [1.807, 2.05) is 48.5 Å². The Morgan fingerprint density at radius 3 is 2.06 bits per heavy atom. The van der Waals surface area contributed by atoms with Crippen LogP contribution in [0, 0.1) is 0 Å². The van der Waals surface area contributed by atoms with Gasteiger partial charge >= 0.3 is 12.1 Å². The number of hydrogen-bond acceptors (Lipinski definition) is 5. The van der Waals surface area contributed by atoms with E-state index in [0.717, 1.165) is 22.3 Å². The number of fused-ring (bicyclic) bond motifs is 3. The third-order valence-corrected chi connectivity index (χ3v) is 6.29. The fraction of sp³-hybridized carbons (Fsp3) is 0.231. The first-order chi connectivity index (χ1) is 16.2. The molecule has 0 radical (unpaired) electrons. The second kappa shape index (κ2) is 9.69. The van der Waals surface area contributed by atoms with Gasteiger partial charge in [0.2, 0.25) is 0 Å². The van der Waals surface area contributed by atoms with Gasteiger partial charge in [-0.05, 0) is 39.9 Å². The molecule has 34 heavy (non-hydrogen) atoms. The number of carbonyl (C=O) groups is 2. The Labute approximate surface area is 199 Å². The van der Waals surface area contributed by atoms with Gasteiger partial charge < -0.3 is 15.2 Å². The van der Waals surface area contributed by atoms with Gasteiger partial charge in [0.25, 0.3) is 0 Å². The molecular formula is C26H26N2O5S. The van der Waals surface area contributed by atoms with E-state index in [2.05, 4.69) is 9.68 Å². The molecule has 2 N–H and O–H groups in total. The fourth-order valence-corrected chi connectivity index (χ4v) is 4.79. The van der Waals surface area contributed by atoms with Crippen molar-refractivity contribution in [2.45, 2.75) is 18.4 Å². The van der Waals surface area contributed by atoms with Gasteiger partial charge in [-0.25, -0.2) is 13.8 Å². The summed E-state index contributed by atoms with van der Waals surface area (Å²) in [5.41, 5.74) is 5.65. The minimum absolute atomic E-state index is 0.0768. The van der Waals surface area contributed by atoms with Crippen LogP contribution in [-0.4, -0.2) is 46.5 Å². The molecule has 0 aliphatic heterocycles. The molecule has 1 amide bonds. The van der Waals surface area contributed by atoms with E-state index in [0.29, 0.717) is 11.3 Å². The first-order valence-corrected chi connectivity index (χ1v) is 13.1. The van der Waals surface area contributed by atoms with Crippen LogP contribution in [0.1, 0.15) is 22.6 Å². The van der Waals surface area contributed by atoms with Crippen molar-refractivity contribution < 1.29 is 23.6 Å². The van der Waals surface area contributed by atoms with Crippen LogP contribution in [0.5, 0.6) is 0 Å². The van der Waals surface area contributed by atoms with Crippen molar-refractivity contribution in [3.05, 3.63) is 89.5 Å². The first-order valence-electron chi connectivity index (χ1n) is 10.8. The normalized spacial score (nSPS) is 13.5. The number of alkyl carbamates (subject to hydrolysis) is 1. The first kappa shape index (κ1) is 23.5. The summed E-state index contributed by atoms with van der Waals surface area (Å²) in [7, 11) is -2.29. The number of aliphatic carboxylic acids is 1. The average Bonchev–Trinajstić information content (AvgIpc) is 3.11. The Hall–Kier alpha value is -3.65. The van der Waals surface area contributed by atoms with Crippen molar-refractivity contribution in [3.63, 3.8) is 0 Å². The van der Waals surface area contributed by atoms with Gasteiger partial charge in [-0.3, -0.25) is 0 Å². The molecule has 0 bridgehead atoms. The summed E-state index contributed by atoms with van der Waals surface area (Å²) in [6, 6.07) is 21.6. The zero-order valence-corrected chi connectivity index (χ0v) is 19.7. The molecule has 1 aliphatic carbocycles. The molecule has 3 aromatic carbocycles. The number of carboxylic acid groups (broad SMARTS) is 1. The van der Waals surface area contributed by atoms with Gasteiger partial charge in [0, 0.05) is 34.6 Å². The van der Waals surface area contributed by atoms with E-state index in [1.54, 1.807) is 36.8 Å². The summed E-state index contributed by atoms with van der Waals surface area (Å²) in [5.74, 6) is -1.27. The van der Waals surface area contributed by atoms with Crippen LogP contribution in [-0.2, 0) is 25.7 Å². The number of hydrogen-bond donors (Lipinski definition) is 2. The van der Waals surface area contributed by atoms with E-state index in [-0.39, 0.29) is 18.9 Å². The number of carboxylic acids is 1. The molecule has 0 fully saturated rings. The van der Waals surface area contributed by atoms with Crippen molar-refractivity contribution in [2.75, 3.05) is 19.1 Å². The molecule has 0 saturated carbocycles. The molecule has 1 atom stereocenters. The van der Waals surface area contributed by atoms with Crippen molar-refractivity contribution in [2.24, 2.45) is 4.36 Å². The van der Waals surface area contributed by atoms with Crippen LogP contribution >= 0.6 is 0 Å². The number of amides is 1. The van der Waals surface area contributed by atoms with Crippen LogP contribution in [0.4, 0.5) is 10.5 Å². The van der Waals surface area contributed by atoms with Gasteiger partial charge in [0.1, 0.15) is 12.6 Å². The molecular weight excluding hydrogens is 452 g/mol. The van der Waals surface area contributed by atoms with Crippen LogP contribution in [0.15, 0.2) is 77.2 Å². The van der Waals surface area contributed by atoms with E-state index >= 15 is 0 Å². The Balaban J connectivity index is 1.41. The van der Waals surface area contributed by atoms with Crippen molar-refractivity contribution >= 4 is 27.5 Å². The highest BCUT2D eigenvalue weighted by molar-refractivity contribution is 7.92. The smallest absolute Gasteiger partial charge is 0.407 e. The molecule has 1 aliphatic rings. The predicted molar refractivity (Wildman–Crippen MR) is 132 cm³/mol. The molecule has 1 unspecified atom stereocenters. The highest BCUT2D eigenvalue weighted by Crippen LogP contribution is 2.44. The van der Waals surface area contributed by atoms with Gasteiger partial charge in [0.15, 0.2) is 0 Å². The SMILES string of the molecule is CS(C)(=O)=Nc1ccc(CC(NC(=O)OCC2c3ccccc3-c3ccccc32)C(=O)O)cc1. The van der Waals surface area contributed by atoms with Crippen LogP contribution in [0.2, 0.25) is 0 Å². The largest absolute Gasteiger partial charge is 0.480 e. The highest BCUT2D eigenvalue weighted by atomic mass is 32.2. The second-order valence-corrected chi connectivity index (χ2v) is 11.0. The zero-order chi connectivity index (χ0) is 24.3. The summed E-state index contributed by atoms with van der Waals surface area (Å²) in [6.45, 7) is 0.107. The van der Waals surface area contributed by atoms with Gasteiger partial charge in [0.05, 0.1) is 5.69 Å². The Bertz CT molecular complexity index is 1290. The van der Waals surface area contributed by atoms with Crippen LogP contribution < -0.4 is 5.32 Å². The van der Waals surface area contributed by atoms with Crippen LogP contribution in [0.25, 0.3) is 11.1 Å². The average molecular weight is 479 g/mol. The third kappa shape index (κ3) is 5.46. The minimum Gasteiger partial charge on any atom is -0.480 e. The lowest BCUT2D eigenvalue weighted by Crippen LogP contribution is -2.42. The Kier molecular flexibility index (Phi) is 6.70. The molecule has 4 rings (SSSR count). The summed E-state index contributed by atoms with van der Waals surface area (Å²) < 4.78 is 21.4. The maximum Gasteiger partial charge on any atom is 0.407 e. The summed E-state index contributed by atoms with van der Waals surface area (Å²) >= 11 is 0. The van der Waals surface area contributed by atoms with Gasteiger partial charge in [-0.15, -0.1) is 0 Å².